The van der Waals surface area contributed by atoms with Crippen LogP contribution in [0.25, 0.3) is 32.7 Å². The van der Waals surface area contributed by atoms with Crippen LogP contribution in [0.15, 0.2) is 114 Å². The van der Waals surface area contributed by atoms with Crippen LogP contribution in [0.5, 0.6) is 0 Å². The lowest BCUT2D eigenvalue weighted by Gasteiger charge is -2.10. The van der Waals surface area contributed by atoms with Crippen LogP contribution in [-0.4, -0.2) is 0 Å². The Kier molecular flexibility index (Phi) is 4.30. The number of hydrogen-bond acceptors (Lipinski definition) is 1. The zero-order valence-electron chi connectivity index (χ0n) is 13.8. The van der Waals surface area contributed by atoms with Crippen LogP contribution in [0.4, 0.5) is 0 Å². The molecular formula is C24H18O. The van der Waals surface area contributed by atoms with Crippen LogP contribution in [0.3, 0.4) is 0 Å². The predicted octanol–water partition coefficient (Wildman–Crippen LogP) is 6.94. The molecule has 0 aliphatic carbocycles. The molecule has 0 radical (unpaired) electrons. The Hall–Kier alpha value is -3.32. The lowest BCUT2D eigenvalue weighted by molar-refractivity contribution is 0.567. The molecule has 25 heavy (non-hydrogen) atoms. The van der Waals surface area contributed by atoms with Gasteiger partial charge in [-0.2, -0.15) is 0 Å². The van der Waals surface area contributed by atoms with Crippen LogP contribution < -0.4 is 0 Å². The molecule has 0 N–H and O–H groups in total. The Morgan fingerprint density at radius 3 is 1.28 bits per heavy atom. The van der Waals surface area contributed by atoms with Crippen LogP contribution in [-0.2, 0) is 0 Å². The van der Waals surface area contributed by atoms with Gasteiger partial charge in [0.15, 0.2) is 0 Å². The first-order chi connectivity index (χ1) is 12.4. The first kappa shape index (κ1) is 15.2. The van der Waals surface area contributed by atoms with Gasteiger partial charge in [-0.15, -0.1) is 0 Å². The quantitative estimate of drug-likeness (QED) is 0.326. The summed E-state index contributed by atoms with van der Waals surface area (Å²) in [6, 6.07) is 33.9. The van der Waals surface area contributed by atoms with E-state index in [9.17, 15) is 0 Å². The molecule has 0 aliphatic rings. The maximum atomic E-state index is 4.58. The van der Waals surface area contributed by atoms with Gasteiger partial charge in [-0.25, -0.2) is 0 Å². The number of furan rings is 1. The van der Waals surface area contributed by atoms with Crippen molar-refractivity contribution < 1.29 is 4.42 Å². The van der Waals surface area contributed by atoms with E-state index in [0.717, 1.165) is 0 Å². The van der Waals surface area contributed by atoms with Gasteiger partial charge in [0, 0.05) is 0 Å². The molecule has 4 aromatic carbocycles. The van der Waals surface area contributed by atoms with Crippen LogP contribution in [0.2, 0.25) is 0 Å². The van der Waals surface area contributed by atoms with E-state index in [1.165, 1.54) is 32.7 Å². The SMILES string of the molecule is c1ccc2c(-c3cccc4ccccc34)cccc2c1.c1ccoc1. The van der Waals surface area contributed by atoms with Gasteiger partial charge in [0.25, 0.3) is 0 Å². The molecule has 120 valence electrons. The van der Waals surface area contributed by atoms with Crippen molar-refractivity contribution in [3.8, 4) is 11.1 Å². The monoisotopic (exact) mass is 322 g/mol. The molecule has 1 aromatic heterocycles. The number of hydrogen-bond donors (Lipinski definition) is 0. The minimum Gasteiger partial charge on any atom is -0.473 e. The summed E-state index contributed by atoms with van der Waals surface area (Å²) >= 11 is 0. The standard InChI is InChI=1S/C20H14.C4H4O/c1-3-11-17-15(7-1)9-5-13-19(17)20-14-6-10-16-8-2-4-12-18(16)20;1-2-4-5-3-1/h1-14H;1-4H. The summed E-state index contributed by atoms with van der Waals surface area (Å²) in [5, 5.41) is 5.20. The zero-order chi connectivity index (χ0) is 16.9. The summed E-state index contributed by atoms with van der Waals surface area (Å²) in [5.74, 6) is 0. The van der Waals surface area contributed by atoms with E-state index < -0.39 is 0 Å². The van der Waals surface area contributed by atoms with Gasteiger partial charge in [0.2, 0.25) is 0 Å². The second kappa shape index (κ2) is 7.06. The van der Waals surface area contributed by atoms with E-state index >= 15 is 0 Å². The van der Waals surface area contributed by atoms with Gasteiger partial charge in [-0.05, 0) is 44.8 Å². The molecule has 5 aromatic rings. The van der Waals surface area contributed by atoms with Crippen molar-refractivity contribution in [1.82, 2.24) is 0 Å². The Bertz CT molecular complexity index is 986. The Morgan fingerprint density at radius 1 is 0.400 bits per heavy atom. The molecule has 0 atom stereocenters. The average molecular weight is 322 g/mol. The van der Waals surface area contributed by atoms with Crippen LogP contribution >= 0.6 is 0 Å². The van der Waals surface area contributed by atoms with Crippen molar-refractivity contribution in [2.24, 2.45) is 0 Å². The molecule has 1 heteroatoms. The van der Waals surface area contributed by atoms with Crippen molar-refractivity contribution in [3.05, 3.63) is 110 Å². The average Bonchev–Trinajstić information content (AvgIpc) is 3.27. The van der Waals surface area contributed by atoms with Crippen molar-refractivity contribution in [2.75, 3.05) is 0 Å². The number of rotatable bonds is 1. The van der Waals surface area contributed by atoms with Gasteiger partial charge >= 0.3 is 0 Å². The zero-order valence-corrected chi connectivity index (χ0v) is 13.8. The Balaban J connectivity index is 0.000000272. The first-order valence-corrected chi connectivity index (χ1v) is 8.36. The van der Waals surface area contributed by atoms with Crippen molar-refractivity contribution in [3.63, 3.8) is 0 Å². The Labute approximate surface area is 147 Å². The van der Waals surface area contributed by atoms with Crippen LogP contribution in [0.1, 0.15) is 0 Å². The summed E-state index contributed by atoms with van der Waals surface area (Å²) in [5.41, 5.74) is 2.61. The summed E-state index contributed by atoms with van der Waals surface area (Å²) < 4.78 is 4.58. The molecule has 1 heterocycles. The van der Waals surface area contributed by atoms with E-state index in [1.807, 2.05) is 12.1 Å². The maximum Gasteiger partial charge on any atom is 0.0902 e. The van der Waals surface area contributed by atoms with E-state index in [2.05, 4.69) is 89.3 Å². The number of benzene rings is 4. The fourth-order valence-corrected chi connectivity index (χ4v) is 3.15. The second-order valence-electron chi connectivity index (χ2n) is 5.85. The summed E-state index contributed by atoms with van der Waals surface area (Å²) in [6.07, 6.45) is 3.25. The third kappa shape index (κ3) is 3.17. The van der Waals surface area contributed by atoms with Gasteiger partial charge in [-0.3, -0.25) is 0 Å². The fraction of sp³-hybridized carbons (Fsp3) is 0. The lowest BCUT2D eigenvalue weighted by atomic mass is 9.94. The van der Waals surface area contributed by atoms with Crippen molar-refractivity contribution in [1.29, 1.82) is 0 Å². The van der Waals surface area contributed by atoms with Gasteiger partial charge in [0.1, 0.15) is 0 Å². The molecule has 0 fully saturated rings. The molecule has 0 bridgehead atoms. The minimum absolute atomic E-state index is 1.29. The normalized spacial score (nSPS) is 10.4. The second-order valence-corrected chi connectivity index (χ2v) is 5.85. The van der Waals surface area contributed by atoms with Gasteiger partial charge in [-0.1, -0.05) is 84.9 Å². The number of fused-ring (bicyclic) bond motifs is 2. The highest BCUT2D eigenvalue weighted by atomic mass is 16.3. The van der Waals surface area contributed by atoms with Gasteiger partial charge < -0.3 is 4.42 Å². The first-order valence-electron chi connectivity index (χ1n) is 8.36. The minimum atomic E-state index is 1.29. The smallest absolute Gasteiger partial charge is 0.0902 e. The highest BCUT2D eigenvalue weighted by Gasteiger charge is 2.06. The van der Waals surface area contributed by atoms with Crippen molar-refractivity contribution in [2.45, 2.75) is 0 Å². The topological polar surface area (TPSA) is 13.1 Å². The van der Waals surface area contributed by atoms with E-state index in [1.54, 1.807) is 12.5 Å². The molecule has 1 nitrogen and oxygen atoms in total. The maximum absolute atomic E-state index is 4.58. The summed E-state index contributed by atoms with van der Waals surface area (Å²) in [7, 11) is 0. The Morgan fingerprint density at radius 2 is 0.840 bits per heavy atom. The van der Waals surface area contributed by atoms with Crippen molar-refractivity contribution >= 4 is 21.5 Å². The van der Waals surface area contributed by atoms with E-state index in [4.69, 9.17) is 0 Å². The largest absolute Gasteiger partial charge is 0.473 e. The molecule has 0 unspecified atom stereocenters. The van der Waals surface area contributed by atoms with Gasteiger partial charge in [0.05, 0.1) is 12.5 Å². The van der Waals surface area contributed by atoms with E-state index in [0.29, 0.717) is 0 Å². The lowest BCUT2D eigenvalue weighted by Crippen LogP contribution is -1.83. The van der Waals surface area contributed by atoms with E-state index in [-0.39, 0.29) is 0 Å². The third-order valence-corrected chi connectivity index (χ3v) is 4.29. The molecule has 0 spiro atoms. The third-order valence-electron chi connectivity index (χ3n) is 4.29. The van der Waals surface area contributed by atoms with Crippen LogP contribution in [0, 0.1) is 0 Å². The highest BCUT2D eigenvalue weighted by Crippen LogP contribution is 2.33. The highest BCUT2D eigenvalue weighted by molar-refractivity contribution is 6.05. The summed E-state index contributed by atoms with van der Waals surface area (Å²) in [4.78, 5) is 0. The molecule has 0 amide bonds. The molecular weight excluding hydrogens is 304 g/mol. The molecule has 0 aliphatic heterocycles. The molecule has 0 saturated carbocycles. The predicted molar refractivity (Wildman–Crippen MR) is 106 cm³/mol. The molecule has 5 rings (SSSR count). The summed E-state index contributed by atoms with van der Waals surface area (Å²) in [6.45, 7) is 0. The fourth-order valence-electron chi connectivity index (χ4n) is 3.15. The molecule has 0 saturated heterocycles.